The normalized spacial score (nSPS) is 11.3. The lowest BCUT2D eigenvalue weighted by Gasteiger charge is -2.12. The molecule has 2 aromatic rings. The van der Waals surface area contributed by atoms with Crippen molar-refractivity contribution >= 4 is 15.7 Å². The first-order valence-corrected chi connectivity index (χ1v) is 7.67. The molecule has 4 nitrogen and oxygen atoms in total. The molecule has 0 amide bonds. The van der Waals surface area contributed by atoms with E-state index in [-0.39, 0.29) is 16.3 Å². The minimum absolute atomic E-state index is 0.0931. The average molecular weight is 291 g/mol. The summed E-state index contributed by atoms with van der Waals surface area (Å²) in [4.78, 5) is 0.221. The number of sulfonamides is 1. The van der Waals surface area contributed by atoms with E-state index in [1.54, 1.807) is 31.2 Å². The van der Waals surface area contributed by atoms with Crippen LogP contribution in [0.5, 0.6) is 5.75 Å². The number of phenols is 1. The minimum Gasteiger partial charge on any atom is -0.506 e. The highest BCUT2D eigenvalue weighted by Crippen LogP contribution is 2.27. The van der Waals surface area contributed by atoms with Crippen LogP contribution in [0.25, 0.3) is 0 Å². The standard InChI is InChI=1S/C15H17NO3S/c1-10-5-7-14(17)13(8-10)16-20(18,19)15-9-11(2)4-6-12(15)3/h4-9,16-17H,1-3H3. The second kappa shape index (κ2) is 5.17. The Labute approximate surface area is 119 Å². The van der Waals surface area contributed by atoms with E-state index in [9.17, 15) is 13.5 Å². The summed E-state index contributed by atoms with van der Waals surface area (Å²) in [7, 11) is -3.72. The van der Waals surface area contributed by atoms with Crippen molar-refractivity contribution in [1.29, 1.82) is 0 Å². The van der Waals surface area contributed by atoms with E-state index in [4.69, 9.17) is 0 Å². The first-order chi connectivity index (χ1) is 9.29. The molecule has 2 rings (SSSR count). The number of hydrogen-bond acceptors (Lipinski definition) is 3. The number of hydrogen-bond donors (Lipinski definition) is 2. The Hall–Kier alpha value is -2.01. The van der Waals surface area contributed by atoms with Crippen molar-refractivity contribution in [1.82, 2.24) is 0 Å². The van der Waals surface area contributed by atoms with Crippen molar-refractivity contribution in [2.45, 2.75) is 25.7 Å². The Kier molecular flexibility index (Phi) is 3.72. The van der Waals surface area contributed by atoms with Gasteiger partial charge in [-0.3, -0.25) is 4.72 Å². The number of anilines is 1. The van der Waals surface area contributed by atoms with Crippen LogP contribution in [-0.4, -0.2) is 13.5 Å². The van der Waals surface area contributed by atoms with Crippen LogP contribution < -0.4 is 4.72 Å². The van der Waals surface area contributed by atoms with E-state index in [1.807, 2.05) is 19.9 Å². The molecule has 106 valence electrons. The monoisotopic (exact) mass is 291 g/mol. The summed E-state index contributed by atoms with van der Waals surface area (Å²) in [5.74, 6) is -0.0931. The Bertz CT molecular complexity index is 752. The molecule has 2 aromatic carbocycles. The van der Waals surface area contributed by atoms with Crippen LogP contribution in [-0.2, 0) is 10.0 Å². The third-order valence-electron chi connectivity index (χ3n) is 3.03. The van der Waals surface area contributed by atoms with Crippen LogP contribution in [0.2, 0.25) is 0 Å². The zero-order valence-electron chi connectivity index (χ0n) is 11.6. The number of benzene rings is 2. The van der Waals surface area contributed by atoms with Gasteiger partial charge < -0.3 is 5.11 Å². The molecule has 0 unspecified atom stereocenters. The highest BCUT2D eigenvalue weighted by atomic mass is 32.2. The lowest BCUT2D eigenvalue weighted by Crippen LogP contribution is -2.14. The van der Waals surface area contributed by atoms with E-state index in [2.05, 4.69) is 4.72 Å². The molecule has 0 aromatic heterocycles. The van der Waals surface area contributed by atoms with Gasteiger partial charge in [-0.2, -0.15) is 0 Å². The quantitative estimate of drug-likeness (QED) is 0.854. The predicted molar refractivity (Wildman–Crippen MR) is 79.6 cm³/mol. The van der Waals surface area contributed by atoms with Crippen molar-refractivity contribution < 1.29 is 13.5 Å². The molecule has 0 saturated heterocycles. The van der Waals surface area contributed by atoms with E-state index in [0.29, 0.717) is 5.56 Å². The van der Waals surface area contributed by atoms with Gasteiger partial charge in [-0.25, -0.2) is 8.42 Å². The van der Waals surface area contributed by atoms with Crippen molar-refractivity contribution in [2.24, 2.45) is 0 Å². The second-order valence-electron chi connectivity index (χ2n) is 4.90. The van der Waals surface area contributed by atoms with Gasteiger partial charge in [0, 0.05) is 0 Å². The first-order valence-electron chi connectivity index (χ1n) is 6.19. The largest absolute Gasteiger partial charge is 0.506 e. The molecule has 0 heterocycles. The molecule has 2 N–H and O–H groups in total. The molecular weight excluding hydrogens is 274 g/mol. The van der Waals surface area contributed by atoms with Crippen molar-refractivity contribution in [2.75, 3.05) is 4.72 Å². The molecule has 0 bridgehead atoms. The van der Waals surface area contributed by atoms with Crippen molar-refractivity contribution in [3.8, 4) is 5.75 Å². The van der Waals surface area contributed by atoms with E-state index in [0.717, 1.165) is 11.1 Å². The van der Waals surface area contributed by atoms with Gasteiger partial charge in [0.15, 0.2) is 0 Å². The van der Waals surface area contributed by atoms with Gasteiger partial charge in [-0.05, 0) is 55.7 Å². The first kappa shape index (κ1) is 14.4. The van der Waals surface area contributed by atoms with Gasteiger partial charge in [-0.1, -0.05) is 18.2 Å². The molecule has 0 radical (unpaired) electrons. The predicted octanol–water partition coefficient (Wildman–Crippen LogP) is 3.12. The fourth-order valence-corrected chi connectivity index (χ4v) is 3.32. The van der Waals surface area contributed by atoms with Crippen molar-refractivity contribution in [3.63, 3.8) is 0 Å². The number of aryl methyl sites for hydroxylation is 3. The SMILES string of the molecule is Cc1ccc(O)c(NS(=O)(=O)c2cc(C)ccc2C)c1. The van der Waals surface area contributed by atoms with Gasteiger partial charge in [0.05, 0.1) is 10.6 Å². The molecule has 0 atom stereocenters. The molecule has 5 heteroatoms. The fourth-order valence-electron chi connectivity index (χ4n) is 1.93. The fraction of sp³-hybridized carbons (Fsp3) is 0.200. The highest BCUT2D eigenvalue weighted by Gasteiger charge is 2.18. The van der Waals surface area contributed by atoms with E-state index < -0.39 is 10.0 Å². The van der Waals surface area contributed by atoms with E-state index >= 15 is 0 Å². The van der Waals surface area contributed by atoms with Crippen LogP contribution in [0.3, 0.4) is 0 Å². The van der Waals surface area contributed by atoms with Crippen LogP contribution in [0.4, 0.5) is 5.69 Å². The summed E-state index contributed by atoms with van der Waals surface area (Å²) in [5, 5.41) is 9.74. The minimum atomic E-state index is -3.72. The maximum atomic E-state index is 12.4. The Balaban J connectivity index is 2.46. The lowest BCUT2D eigenvalue weighted by molar-refractivity contribution is 0.477. The molecule has 20 heavy (non-hydrogen) atoms. The van der Waals surface area contributed by atoms with Crippen LogP contribution >= 0.6 is 0 Å². The summed E-state index contributed by atoms with van der Waals surface area (Å²) >= 11 is 0. The average Bonchev–Trinajstić information content (AvgIpc) is 2.36. The topological polar surface area (TPSA) is 66.4 Å². The lowest BCUT2D eigenvalue weighted by atomic mass is 10.2. The Morgan fingerprint density at radius 2 is 1.55 bits per heavy atom. The molecule has 0 saturated carbocycles. The third kappa shape index (κ3) is 2.93. The molecular formula is C15H17NO3S. The van der Waals surface area contributed by atoms with Gasteiger partial charge in [0.25, 0.3) is 10.0 Å². The maximum absolute atomic E-state index is 12.4. The number of nitrogens with one attached hydrogen (secondary N) is 1. The summed E-state index contributed by atoms with van der Waals surface area (Å²) in [5.41, 5.74) is 2.58. The number of phenolic OH excluding ortho intramolecular Hbond substituents is 1. The third-order valence-corrected chi connectivity index (χ3v) is 4.54. The smallest absolute Gasteiger partial charge is 0.262 e. The molecule has 0 fully saturated rings. The van der Waals surface area contributed by atoms with E-state index in [1.165, 1.54) is 6.07 Å². The van der Waals surface area contributed by atoms with Crippen molar-refractivity contribution in [3.05, 3.63) is 53.1 Å². The molecule has 0 aliphatic carbocycles. The Morgan fingerprint density at radius 1 is 0.950 bits per heavy atom. The summed E-state index contributed by atoms with van der Waals surface area (Å²) in [6, 6.07) is 10.0. The summed E-state index contributed by atoms with van der Waals surface area (Å²) in [6.07, 6.45) is 0. The zero-order chi connectivity index (χ0) is 14.9. The summed E-state index contributed by atoms with van der Waals surface area (Å²) in [6.45, 7) is 5.40. The van der Waals surface area contributed by atoms with Crippen LogP contribution in [0, 0.1) is 20.8 Å². The second-order valence-corrected chi connectivity index (χ2v) is 6.55. The van der Waals surface area contributed by atoms with Crippen LogP contribution in [0.1, 0.15) is 16.7 Å². The molecule has 0 spiro atoms. The number of rotatable bonds is 3. The Morgan fingerprint density at radius 3 is 2.25 bits per heavy atom. The zero-order valence-corrected chi connectivity index (χ0v) is 12.5. The maximum Gasteiger partial charge on any atom is 0.262 e. The molecule has 0 aliphatic rings. The van der Waals surface area contributed by atoms with Gasteiger partial charge in [-0.15, -0.1) is 0 Å². The summed E-state index contributed by atoms with van der Waals surface area (Å²) < 4.78 is 27.3. The number of aromatic hydroxyl groups is 1. The van der Waals surface area contributed by atoms with Gasteiger partial charge >= 0.3 is 0 Å². The highest BCUT2D eigenvalue weighted by molar-refractivity contribution is 7.92. The van der Waals surface area contributed by atoms with Gasteiger partial charge in [0.1, 0.15) is 5.75 Å². The van der Waals surface area contributed by atoms with Crippen LogP contribution in [0.15, 0.2) is 41.3 Å². The van der Waals surface area contributed by atoms with Gasteiger partial charge in [0.2, 0.25) is 0 Å². The molecule has 0 aliphatic heterocycles.